The molecule has 0 radical (unpaired) electrons. The van der Waals surface area contributed by atoms with Crippen LogP contribution in [0.3, 0.4) is 0 Å². The Morgan fingerprint density at radius 3 is 1.36 bits per heavy atom. The van der Waals surface area contributed by atoms with Crippen molar-refractivity contribution in [2.45, 2.75) is 0 Å². The maximum Gasteiger partial charge on any atom is 0.164 e. The zero-order chi connectivity index (χ0) is 39.1. The van der Waals surface area contributed by atoms with Crippen molar-refractivity contribution in [1.29, 1.82) is 0 Å². The molecule has 2 aromatic heterocycles. The van der Waals surface area contributed by atoms with Crippen LogP contribution in [0, 0.1) is 0 Å². The number of nitrogens with zero attached hydrogens (tertiary/aromatic N) is 4. The van der Waals surface area contributed by atoms with Crippen molar-refractivity contribution in [2.24, 2.45) is 0 Å². The fourth-order valence-electron chi connectivity index (χ4n) is 8.48. The number of para-hydroxylation sites is 3. The molecule has 4 heteroatoms. The van der Waals surface area contributed by atoms with Crippen molar-refractivity contribution in [1.82, 2.24) is 19.5 Å². The van der Waals surface area contributed by atoms with E-state index in [4.69, 9.17) is 15.0 Å². The van der Waals surface area contributed by atoms with Crippen LogP contribution in [-0.2, 0) is 0 Å². The first-order valence-corrected chi connectivity index (χ1v) is 19.9. The van der Waals surface area contributed by atoms with Crippen LogP contribution in [0.2, 0.25) is 0 Å². The molecule has 0 N–H and O–H groups in total. The average Bonchev–Trinajstić information content (AvgIpc) is 3.66. The fraction of sp³-hybridized carbons (Fsp3) is 0. The Labute approximate surface area is 342 Å². The summed E-state index contributed by atoms with van der Waals surface area (Å²) in [5, 5.41) is 4.75. The largest absolute Gasteiger partial charge is 0.309 e. The normalized spacial score (nSPS) is 11.4. The highest BCUT2D eigenvalue weighted by Gasteiger charge is 2.18. The zero-order valence-electron chi connectivity index (χ0n) is 32.1. The van der Waals surface area contributed by atoms with Gasteiger partial charge < -0.3 is 4.57 Å². The molecule has 0 aliphatic rings. The molecular formula is C55H36N4. The summed E-state index contributed by atoms with van der Waals surface area (Å²) >= 11 is 0. The van der Waals surface area contributed by atoms with Crippen molar-refractivity contribution >= 4 is 32.6 Å². The predicted octanol–water partition coefficient (Wildman–Crippen LogP) is 14.1. The van der Waals surface area contributed by atoms with Crippen LogP contribution in [0.25, 0.3) is 106 Å². The van der Waals surface area contributed by atoms with E-state index < -0.39 is 0 Å². The first-order valence-electron chi connectivity index (χ1n) is 19.9. The summed E-state index contributed by atoms with van der Waals surface area (Å²) < 4.78 is 2.40. The second-order valence-corrected chi connectivity index (χ2v) is 14.8. The van der Waals surface area contributed by atoms with Gasteiger partial charge in [0.2, 0.25) is 0 Å². The summed E-state index contributed by atoms with van der Waals surface area (Å²) in [4.78, 5) is 15.0. The molecule has 0 fully saturated rings. The Morgan fingerprint density at radius 2 is 0.712 bits per heavy atom. The predicted molar refractivity (Wildman–Crippen MR) is 244 cm³/mol. The summed E-state index contributed by atoms with van der Waals surface area (Å²) in [5.74, 6) is 1.95. The average molecular weight is 753 g/mol. The van der Waals surface area contributed by atoms with E-state index in [2.05, 4.69) is 162 Å². The first-order chi connectivity index (χ1) is 29.3. The highest BCUT2D eigenvalue weighted by molar-refractivity contribution is 6.10. The van der Waals surface area contributed by atoms with Crippen LogP contribution in [0.1, 0.15) is 0 Å². The minimum Gasteiger partial charge on any atom is -0.309 e. The molecule has 11 rings (SSSR count). The summed E-state index contributed by atoms with van der Waals surface area (Å²) in [6.07, 6.45) is 0. The Bertz CT molecular complexity index is 3200. The lowest BCUT2D eigenvalue weighted by Crippen LogP contribution is -2.00. The van der Waals surface area contributed by atoms with Crippen LogP contribution in [0.15, 0.2) is 218 Å². The van der Waals surface area contributed by atoms with Crippen LogP contribution >= 0.6 is 0 Å². The van der Waals surface area contributed by atoms with E-state index in [1.165, 1.54) is 38.6 Å². The quantitative estimate of drug-likeness (QED) is 0.163. The molecule has 0 saturated heterocycles. The SMILES string of the molecule is c1ccc(-c2nc(-c3ccccc3)nc(-c3ccc(-c4cccc(-c5ccc(-c6ccccc6-n6c7ccccc7c7ccccc76)cc5)c4)c4ccccc34)n2)cc1. The lowest BCUT2D eigenvalue weighted by molar-refractivity contribution is 1.08. The molecule has 0 atom stereocenters. The monoisotopic (exact) mass is 752 g/mol. The summed E-state index contributed by atoms with van der Waals surface area (Å²) in [6, 6.07) is 77.1. The number of aromatic nitrogens is 4. The third kappa shape index (κ3) is 6.15. The van der Waals surface area contributed by atoms with Gasteiger partial charge in [-0.1, -0.05) is 188 Å². The van der Waals surface area contributed by atoms with Gasteiger partial charge in [-0.3, -0.25) is 0 Å². The van der Waals surface area contributed by atoms with Gasteiger partial charge in [0.1, 0.15) is 0 Å². The second kappa shape index (κ2) is 14.5. The van der Waals surface area contributed by atoms with E-state index in [-0.39, 0.29) is 0 Å². The number of hydrogen-bond acceptors (Lipinski definition) is 3. The topological polar surface area (TPSA) is 43.6 Å². The molecule has 0 bridgehead atoms. The van der Waals surface area contributed by atoms with Gasteiger partial charge in [-0.2, -0.15) is 0 Å². The Morgan fingerprint density at radius 1 is 0.254 bits per heavy atom. The van der Waals surface area contributed by atoms with E-state index in [9.17, 15) is 0 Å². The Balaban J connectivity index is 0.965. The van der Waals surface area contributed by atoms with E-state index in [1.807, 2.05) is 60.7 Å². The third-order valence-electron chi connectivity index (χ3n) is 11.3. The molecule has 9 aromatic carbocycles. The standard InChI is InChI=1S/C55H36N4/c1-3-16-39(17-4-1)53-56-54(40-18-5-2-6-19-40)58-55(57-53)49-35-34-43(45-23-7-8-24-46(45)49)42-21-15-20-41(36-42)37-30-32-38(33-31-37)44-22-9-12-27-50(44)59-51-28-13-10-25-47(51)48-26-11-14-29-52(48)59/h1-36H. The van der Waals surface area contributed by atoms with E-state index in [1.54, 1.807) is 0 Å². The van der Waals surface area contributed by atoms with Crippen LogP contribution < -0.4 is 0 Å². The molecule has 0 unspecified atom stereocenters. The highest BCUT2D eigenvalue weighted by Crippen LogP contribution is 2.39. The van der Waals surface area contributed by atoms with Crippen molar-refractivity contribution in [3.63, 3.8) is 0 Å². The lowest BCUT2D eigenvalue weighted by atomic mass is 9.92. The van der Waals surface area contributed by atoms with Gasteiger partial charge in [-0.05, 0) is 68.9 Å². The van der Waals surface area contributed by atoms with E-state index >= 15 is 0 Å². The summed E-state index contributed by atoms with van der Waals surface area (Å²) in [6.45, 7) is 0. The number of benzene rings is 9. The van der Waals surface area contributed by atoms with Gasteiger partial charge >= 0.3 is 0 Å². The van der Waals surface area contributed by atoms with Gasteiger partial charge in [0.25, 0.3) is 0 Å². The highest BCUT2D eigenvalue weighted by atomic mass is 15.0. The lowest BCUT2D eigenvalue weighted by Gasteiger charge is -2.15. The number of rotatable bonds is 7. The molecule has 59 heavy (non-hydrogen) atoms. The maximum absolute atomic E-state index is 5.06. The molecule has 0 amide bonds. The molecular weight excluding hydrogens is 717 g/mol. The van der Waals surface area contributed by atoms with E-state index in [0.29, 0.717) is 17.5 Å². The molecule has 0 saturated carbocycles. The van der Waals surface area contributed by atoms with Gasteiger partial charge in [0.05, 0.1) is 16.7 Å². The zero-order valence-corrected chi connectivity index (χ0v) is 32.1. The van der Waals surface area contributed by atoms with Crippen molar-refractivity contribution in [3.8, 4) is 73.2 Å². The number of fused-ring (bicyclic) bond motifs is 4. The molecule has 4 nitrogen and oxygen atoms in total. The minimum absolute atomic E-state index is 0.647. The molecule has 0 aliphatic heterocycles. The Hall–Kier alpha value is -7.95. The van der Waals surface area contributed by atoms with Crippen LogP contribution in [-0.4, -0.2) is 19.5 Å². The van der Waals surface area contributed by atoms with Gasteiger partial charge in [0.15, 0.2) is 17.5 Å². The molecule has 0 spiro atoms. The molecule has 0 aliphatic carbocycles. The molecule has 276 valence electrons. The summed E-state index contributed by atoms with van der Waals surface area (Å²) in [7, 11) is 0. The van der Waals surface area contributed by atoms with Crippen molar-refractivity contribution < 1.29 is 0 Å². The van der Waals surface area contributed by atoms with Gasteiger partial charge in [-0.15, -0.1) is 0 Å². The van der Waals surface area contributed by atoms with Crippen LogP contribution in [0.4, 0.5) is 0 Å². The van der Waals surface area contributed by atoms with Crippen molar-refractivity contribution in [2.75, 3.05) is 0 Å². The minimum atomic E-state index is 0.647. The molecule has 2 heterocycles. The smallest absolute Gasteiger partial charge is 0.164 e. The maximum atomic E-state index is 5.06. The first kappa shape index (κ1) is 34.3. The summed E-state index contributed by atoms with van der Waals surface area (Å²) in [5.41, 5.74) is 13.4. The van der Waals surface area contributed by atoms with E-state index in [0.717, 1.165) is 49.7 Å². The number of hydrogen-bond donors (Lipinski definition) is 0. The van der Waals surface area contributed by atoms with Gasteiger partial charge in [-0.25, -0.2) is 15.0 Å². The fourth-order valence-corrected chi connectivity index (χ4v) is 8.48. The van der Waals surface area contributed by atoms with Gasteiger partial charge in [0, 0.05) is 33.0 Å². The van der Waals surface area contributed by atoms with Crippen molar-refractivity contribution in [3.05, 3.63) is 218 Å². The second-order valence-electron chi connectivity index (χ2n) is 14.8. The molecule has 11 aromatic rings. The Kier molecular flexibility index (Phi) is 8.45. The van der Waals surface area contributed by atoms with Crippen LogP contribution in [0.5, 0.6) is 0 Å². The third-order valence-corrected chi connectivity index (χ3v) is 11.3.